The van der Waals surface area contributed by atoms with Crippen LogP contribution in [0, 0.1) is 0 Å². The predicted octanol–water partition coefficient (Wildman–Crippen LogP) is 2.75. The van der Waals surface area contributed by atoms with E-state index in [1.807, 2.05) is 6.07 Å². The zero-order valence-electron chi connectivity index (χ0n) is 5.28. The van der Waals surface area contributed by atoms with Crippen LogP contribution in [0.3, 0.4) is 0 Å². The van der Waals surface area contributed by atoms with Crippen LogP contribution in [0.2, 0.25) is 0 Å². The highest BCUT2D eigenvalue weighted by Crippen LogP contribution is 2.31. The Labute approximate surface area is 59.5 Å². The lowest BCUT2D eigenvalue weighted by Crippen LogP contribution is -1.86. The molecular weight excluding hydrogens is 146 g/mol. The van der Waals surface area contributed by atoms with Crippen molar-refractivity contribution in [3.63, 3.8) is 0 Å². The van der Waals surface area contributed by atoms with E-state index in [0.29, 0.717) is 0 Å². The summed E-state index contributed by atoms with van der Waals surface area (Å²) in [6, 6.07) is 10.5. The molecule has 0 aliphatic heterocycles. The normalized spacial score (nSPS) is 12.1. The van der Waals surface area contributed by atoms with Gasteiger partial charge in [-0.05, 0) is 28.5 Å². The average molecular weight is 154 g/mol. The number of hydrogen-bond acceptors (Lipinski definition) is 0. The van der Waals surface area contributed by atoms with Crippen LogP contribution in [0.5, 0.6) is 0 Å². The van der Waals surface area contributed by atoms with E-state index in [2.05, 4.69) is 30.9 Å². The largest absolute Gasteiger partial charge is 0.0622 e. The maximum atomic E-state index is 2.16. The molecule has 2 radical (unpaired) electrons. The number of rotatable bonds is 2. The third-order valence-electron chi connectivity index (χ3n) is 0.972. The van der Waals surface area contributed by atoms with Crippen molar-refractivity contribution in [1.29, 1.82) is 0 Å². The van der Waals surface area contributed by atoms with E-state index in [9.17, 15) is 0 Å². The second kappa shape index (κ2) is 3.99. The van der Waals surface area contributed by atoms with Gasteiger partial charge in [0.1, 0.15) is 0 Å². The minimum absolute atomic E-state index is 1.40. The van der Waals surface area contributed by atoms with Crippen molar-refractivity contribution in [2.45, 2.75) is 0 Å². The molecule has 0 atom stereocenters. The van der Waals surface area contributed by atoms with Crippen LogP contribution in [0.25, 0.3) is 0 Å². The Bertz CT molecular complexity index is 160. The Morgan fingerprint density at radius 1 is 1.11 bits per heavy atom. The molecule has 1 aromatic carbocycles. The zero-order valence-corrected chi connectivity index (χ0v) is 7.07. The van der Waals surface area contributed by atoms with Crippen molar-refractivity contribution < 1.29 is 0 Å². The van der Waals surface area contributed by atoms with Gasteiger partial charge in [0.05, 0.1) is 0 Å². The molecule has 0 bridgehead atoms. The third-order valence-corrected chi connectivity index (χ3v) is 2.99. The second-order valence-electron chi connectivity index (χ2n) is 1.64. The molecule has 0 aliphatic carbocycles. The first-order valence-electron chi connectivity index (χ1n) is 2.78. The summed E-state index contributed by atoms with van der Waals surface area (Å²) in [4.78, 5) is 0. The Kier molecular flexibility index (Phi) is 3.18. The van der Waals surface area contributed by atoms with Gasteiger partial charge in [0.25, 0.3) is 0 Å². The number of hydrogen-bond donors (Lipinski definition) is 0. The SMILES string of the molecule is C[P][P]c1ccccc1. The van der Waals surface area contributed by atoms with Gasteiger partial charge in [-0.15, -0.1) is 0 Å². The summed E-state index contributed by atoms with van der Waals surface area (Å²) in [6.45, 7) is 2.16. The third kappa shape index (κ3) is 2.43. The van der Waals surface area contributed by atoms with Crippen LogP contribution >= 0.6 is 16.5 Å². The minimum atomic E-state index is 1.40. The molecule has 0 spiro atoms. The molecule has 0 nitrogen and oxygen atoms in total. The Hall–Kier alpha value is 0.0800. The van der Waals surface area contributed by atoms with Gasteiger partial charge in [-0.2, -0.15) is 0 Å². The van der Waals surface area contributed by atoms with E-state index >= 15 is 0 Å². The summed E-state index contributed by atoms with van der Waals surface area (Å²) >= 11 is 0. The molecule has 9 heavy (non-hydrogen) atoms. The lowest BCUT2D eigenvalue weighted by atomic mass is 10.4. The molecule has 0 fully saturated rings. The molecule has 0 aromatic heterocycles. The summed E-state index contributed by atoms with van der Waals surface area (Å²) in [5, 5.41) is 1.40. The molecule has 0 heterocycles. The molecule has 0 aliphatic rings. The van der Waals surface area contributed by atoms with Crippen LogP contribution in [-0.4, -0.2) is 6.66 Å². The van der Waals surface area contributed by atoms with Crippen molar-refractivity contribution >= 4 is 21.8 Å². The second-order valence-corrected chi connectivity index (χ2v) is 4.55. The highest BCUT2D eigenvalue weighted by molar-refractivity contribution is 8.15. The van der Waals surface area contributed by atoms with Gasteiger partial charge >= 0.3 is 0 Å². The monoisotopic (exact) mass is 154 g/mol. The van der Waals surface area contributed by atoms with Crippen molar-refractivity contribution in [1.82, 2.24) is 0 Å². The fourth-order valence-electron chi connectivity index (χ4n) is 0.610. The summed E-state index contributed by atoms with van der Waals surface area (Å²) < 4.78 is 0. The Morgan fingerprint density at radius 2 is 1.78 bits per heavy atom. The molecule has 0 saturated heterocycles. The fraction of sp³-hybridized carbons (Fsp3) is 0.143. The first kappa shape index (κ1) is 7.19. The van der Waals surface area contributed by atoms with Gasteiger partial charge in [-0.3, -0.25) is 0 Å². The molecule has 0 saturated carbocycles. The van der Waals surface area contributed by atoms with E-state index in [-0.39, 0.29) is 0 Å². The van der Waals surface area contributed by atoms with Crippen LogP contribution in [-0.2, 0) is 0 Å². The van der Waals surface area contributed by atoms with E-state index in [4.69, 9.17) is 0 Å². The highest BCUT2D eigenvalue weighted by Gasteiger charge is 1.86. The van der Waals surface area contributed by atoms with Gasteiger partial charge in [0.15, 0.2) is 0 Å². The Morgan fingerprint density at radius 3 is 2.33 bits per heavy atom. The van der Waals surface area contributed by atoms with Crippen molar-refractivity contribution in [3.8, 4) is 0 Å². The smallest absolute Gasteiger partial charge is 0.0112 e. The molecule has 0 unspecified atom stereocenters. The predicted molar refractivity (Wildman–Crippen MR) is 45.8 cm³/mol. The fourth-order valence-corrected chi connectivity index (χ4v) is 2.24. The van der Waals surface area contributed by atoms with Gasteiger partial charge in [-0.25, -0.2) is 0 Å². The summed E-state index contributed by atoms with van der Waals surface area (Å²) in [7, 11) is 2.82. The van der Waals surface area contributed by atoms with Gasteiger partial charge < -0.3 is 0 Å². The Balaban J connectivity index is 2.61. The topological polar surface area (TPSA) is 0 Å². The van der Waals surface area contributed by atoms with Gasteiger partial charge in [-0.1, -0.05) is 30.3 Å². The lowest BCUT2D eigenvalue weighted by Gasteiger charge is -1.92. The van der Waals surface area contributed by atoms with Crippen LogP contribution in [0.15, 0.2) is 30.3 Å². The van der Waals surface area contributed by atoms with Crippen LogP contribution in [0.4, 0.5) is 0 Å². The van der Waals surface area contributed by atoms with E-state index in [1.165, 1.54) is 21.8 Å². The zero-order chi connectivity index (χ0) is 6.53. The molecule has 1 aromatic rings. The highest BCUT2D eigenvalue weighted by atomic mass is 32.0. The minimum Gasteiger partial charge on any atom is -0.0622 e. The molecule has 0 N–H and O–H groups in total. The van der Waals surface area contributed by atoms with Crippen molar-refractivity contribution in [2.24, 2.45) is 0 Å². The van der Waals surface area contributed by atoms with Crippen molar-refractivity contribution in [3.05, 3.63) is 30.3 Å². The molecule has 46 valence electrons. The maximum Gasteiger partial charge on any atom is -0.0112 e. The van der Waals surface area contributed by atoms with E-state index in [1.54, 1.807) is 0 Å². The first-order chi connectivity index (χ1) is 4.43. The molecule has 2 heteroatoms. The van der Waals surface area contributed by atoms with Gasteiger partial charge in [0.2, 0.25) is 0 Å². The summed E-state index contributed by atoms with van der Waals surface area (Å²) in [6.07, 6.45) is 0. The maximum absolute atomic E-state index is 2.16. The summed E-state index contributed by atoms with van der Waals surface area (Å²) in [5.74, 6) is 0. The number of benzene rings is 1. The summed E-state index contributed by atoms with van der Waals surface area (Å²) in [5.41, 5.74) is 0. The van der Waals surface area contributed by atoms with Crippen LogP contribution in [0.1, 0.15) is 0 Å². The standard InChI is InChI=1S/C7H8P2/c1-8-9-7-5-3-2-4-6-7/h2-6H,1H3. The molecule has 1 rings (SSSR count). The first-order valence-corrected chi connectivity index (χ1v) is 5.72. The van der Waals surface area contributed by atoms with E-state index < -0.39 is 0 Å². The molecule has 0 amide bonds. The van der Waals surface area contributed by atoms with E-state index in [0.717, 1.165) is 0 Å². The van der Waals surface area contributed by atoms with Crippen molar-refractivity contribution in [2.75, 3.05) is 6.66 Å². The lowest BCUT2D eigenvalue weighted by molar-refractivity contribution is 1.78. The molecular formula is C7H8P2. The van der Waals surface area contributed by atoms with Crippen LogP contribution < -0.4 is 5.30 Å². The average Bonchev–Trinajstić information content (AvgIpc) is 1.91. The quantitative estimate of drug-likeness (QED) is 0.574. The van der Waals surface area contributed by atoms with Gasteiger partial charge in [0, 0.05) is 0 Å².